The van der Waals surface area contributed by atoms with Crippen LogP contribution in [0.5, 0.6) is 0 Å². The molecule has 3 fully saturated rings. The number of aryl methyl sites for hydroxylation is 1. The molecule has 160 valence electrons. The van der Waals surface area contributed by atoms with E-state index in [1.54, 1.807) is 0 Å². The second-order valence-corrected chi connectivity index (χ2v) is 8.95. The van der Waals surface area contributed by atoms with Gasteiger partial charge in [0, 0.05) is 48.7 Å². The van der Waals surface area contributed by atoms with Crippen LogP contribution in [0.25, 0.3) is 5.69 Å². The summed E-state index contributed by atoms with van der Waals surface area (Å²) in [6.45, 7) is 4.34. The van der Waals surface area contributed by atoms with E-state index >= 15 is 0 Å². The van der Waals surface area contributed by atoms with Crippen molar-refractivity contribution in [2.75, 3.05) is 23.3 Å². The van der Waals surface area contributed by atoms with Crippen molar-refractivity contribution in [3.63, 3.8) is 0 Å². The van der Waals surface area contributed by atoms with E-state index in [0.717, 1.165) is 29.9 Å². The first-order chi connectivity index (χ1) is 15.0. The molecule has 1 aliphatic carbocycles. The molecular formula is C23H24F2N6. The lowest BCUT2D eigenvalue weighted by Crippen LogP contribution is -2.47. The minimum atomic E-state index is -0.650. The molecule has 0 spiro atoms. The van der Waals surface area contributed by atoms with Gasteiger partial charge in [0.2, 0.25) is 5.95 Å². The summed E-state index contributed by atoms with van der Waals surface area (Å²) in [5, 5.41) is 7.57. The van der Waals surface area contributed by atoms with E-state index in [9.17, 15) is 8.78 Å². The van der Waals surface area contributed by atoms with Gasteiger partial charge in [0.1, 0.15) is 18.0 Å². The van der Waals surface area contributed by atoms with E-state index in [2.05, 4.69) is 50.3 Å². The molecule has 1 N–H and O–H groups in total. The average molecular weight is 422 g/mol. The molecule has 2 atom stereocenters. The number of anilines is 3. The summed E-state index contributed by atoms with van der Waals surface area (Å²) in [5.41, 5.74) is 3.57. The van der Waals surface area contributed by atoms with Gasteiger partial charge < -0.3 is 10.2 Å². The number of hydrogen-bond acceptors (Lipinski definition) is 5. The fourth-order valence-corrected chi connectivity index (χ4v) is 5.11. The lowest BCUT2D eigenvalue weighted by Gasteiger charge is -2.36. The van der Waals surface area contributed by atoms with Gasteiger partial charge in [-0.25, -0.2) is 13.5 Å². The number of nitrogens with zero attached hydrogens (tertiary/aromatic N) is 5. The summed E-state index contributed by atoms with van der Waals surface area (Å²) >= 11 is 0. The maximum Gasteiger partial charge on any atom is 0.246 e. The molecule has 0 amide bonds. The molecule has 31 heavy (non-hydrogen) atoms. The normalized spacial score (nSPS) is 23.0. The Balaban J connectivity index is 1.21. The molecule has 0 radical (unpaired) electrons. The van der Waals surface area contributed by atoms with Crippen LogP contribution in [0.15, 0.2) is 42.7 Å². The molecule has 3 aliphatic rings. The first-order valence-corrected chi connectivity index (χ1v) is 10.8. The van der Waals surface area contributed by atoms with Crippen molar-refractivity contribution >= 4 is 17.3 Å². The van der Waals surface area contributed by atoms with Crippen LogP contribution in [0.2, 0.25) is 0 Å². The summed E-state index contributed by atoms with van der Waals surface area (Å²) < 4.78 is 28.4. The molecule has 6 nitrogen and oxygen atoms in total. The predicted molar refractivity (Wildman–Crippen MR) is 115 cm³/mol. The van der Waals surface area contributed by atoms with E-state index in [1.165, 1.54) is 54.6 Å². The third-order valence-electron chi connectivity index (χ3n) is 6.55. The molecule has 1 saturated carbocycles. The third kappa shape index (κ3) is 3.54. The standard InChI is InChI=1S/C23H24F2N6/c1-14-4-17(27-23-26-13-31(28-23)20-7-15(24)6-16(25)8-20)9-19(5-14)30-12-21-10-22(30)11-29(21)18-2-3-18/h4-9,13,18,21-22H,2-3,10-12H2,1H3,(H,27,28)/t21-,22-/m0/s1. The maximum atomic E-state index is 13.5. The molecule has 2 aromatic carbocycles. The van der Waals surface area contributed by atoms with Crippen LogP contribution in [-0.4, -0.2) is 50.9 Å². The first kappa shape index (κ1) is 18.7. The number of fused-ring (bicyclic) bond motifs is 2. The highest BCUT2D eigenvalue weighted by Gasteiger charge is 2.48. The number of rotatable bonds is 5. The molecule has 1 aromatic heterocycles. The van der Waals surface area contributed by atoms with E-state index in [-0.39, 0.29) is 5.69 Å². The van der Waals surface area contributed by atoms with E-state index < -0.39 is 11.6 Å². The minimum Gasteiger partial charge on any atom is -0.366 e. The van der Waals surface area contributed by atoms with Crippen LogP contribution < -0.4 is 10.2 Å². The molecule has 0 unspecified atom stereocenters. The highest BCUT2D eigenvalue weighted by molar-refractivity contribution is 5.65. The molecule has 2 aliphatic heterocycles. The Kier molecular flexibility index (Phi) is 4.24. The average Bonchev–Trinajstić information content (AvgIpc) is 3.14. The number of benzene rings is 2. The molecule has 2 bridgehead atoms. The van der Waals surface area contributed by atoms with Crippen LogP contribution in [0.4, 0.5) is 26.1 Å². The summed E-state index contributed by atoms with van der Waals surface area (Å²) in [4.78, 5) is 9.50. The maximum absolute atomic E-state index is 13.5. The van der Waals surface area contributed by atoms with Crippen LogP contribution >= 0.6 is 0 Å². The summed E-state index contributed by atoms with van der Waals surface area (Å²) in [6.07, 6.45) is 5.43. The summed E-state index contributed by atoms with van der Waals surface area (Å²) in [5.74, 6) is -0.920. The lowest BCUT2D eigenvalue weighted by atomic mass is 10.1. The van der Waals surface area contributed by atoms with Crippen LogP contribution in [0.3, 0.4) is 0 Å². The number of halogens is 2. The van der Waals surface area contributed by atoms with Crippen molar-refractivity contribution in [1.29, 1.82) is 0 Å². The number of nitrogens with one attached hydrogen (secondary N) is 1. The predicted octanol–water partition coefficient (Wildman–Crippen LogP) is 4.02. The minimum absolute atomic E-state index is 0.288. The highest BCUT2D eigenvalue weighted by Crippen LogP contribution is 2.41. The fraction of sp³-hybridized carbons (Fsp3) is 0.391. The van der Waals surface area contributed by atoms with Crippen molar-refractivity contribution < 1.29 is 8.78 Å². The van der Waals surface area contributed by atoms with Crippen molar-refractivity contribution in [3.05, 3.63) is 59.9 Å². The Morgan fingerprint density at radius 1 is 0.903 bits per heavy atom. The monoisotopic (exact) mass is 422 g/mol. The van der Waals surface area contributed by atoms with Crippen molar-refractivity contribution in [1.82, 2.24) is 19.7 Å². The van der Waals surface area contributed by atoms with E-state index in [4.69, 9.17) is 0 Å². The van der Waals surface area contributed by atoms with Gasteiger partial charge in [0.25, 0.3) is 0 Å². The van der Waals surface area contributed by atoms with Gasteiger partial charge in [0.05, 0.1) is 5.69 Å². The van der Waals surface area contributed by atoms with Crippen LogP contribution in [0, 0.1) is 18.6 Å². The van der Waals surface area contributed by atoms with Gasteiger partial charge >= 0.3 is 0 Å². The molecular weight excluding hydrogens is 398 g/mol. The largest absolute Gasteiger partial charge is 0.366 e. The van der Waals surface area contributed by atoms with Gasteiger partial charge in [-0.05, 0) is 62.1 Å². The summed E-state index contributed by atoms with van der Waals surface area (Å²) in [6, 6.07) is 11.8. The topological polar surface area (TPSA) is 49.2 Å². The first-order valence-electron chi connectivity index (χ1n) is 10.8. The van der Waals surface area contributed by atoms with Crippen molar-refractivity contribution in [2.24, 2.45) is 0 Å². The van der Waals surface area contributed by atoms with E-state index in [0.29, 0.717) is 18.0 Å². The highest BCUT2D eigenvalue weighted by atomic mass is 19.1. The molecule has 6 rings (SSSR count). The van der Waals surface area contributed by atoms with Crippen LogP contribution in [-0.2, 0) is 0 Å². The second-order valence-electron chi connectivity index (χ2n) is 8.95. The molecule has 3 heterocycles. The quantitative estimate of drug-likeness (QED) is 0.673. The van der Waals surface area contributed by atoms with Gasteiger partial charge in [-0.3, -0.25) is 4.90 Å². The molecule has 2 saturated heterocycles. The Labute approximate surface area is 179 Å². The number of likely N-dealkylation sites (tertiary alicyclic amines) is 1. The Morgan fingerprint density at radius 3 is 2.42 bits per heavy atom. The zero-order chi connectivity index (χ0) is 21.1. The number of piperazine rings is 1. The van der Waals surface area contributed by atoms with Gasteiger partial charge in [0.15, 0.2) is 0 Å². The molecule has 3 aromatic rings. The fourth-order valence-electron chi connectivity index (χ4n) is 5.11. The number of hydrogen-bond donors (Lipinski definition) is 1. The zero-order valence-corrected chi connectivity index (χ0v) is 17.3. The van der Waals surface area contributed by atoms with Crippen molar-refractivity contribution in [2.45, 2.75) is 44.3 Å². The zero-order valence-electron chi connectivity index (χ0n) is 17.3. The molecule has 8 heteroatoms. The van der Waals surface area contributed by atoms with Crippen molar-refractivity contribution in [3.8, 4) is 5.69 Å². The van der Waals surface area contributed by atoms with Crippen LogP contribution in [0.1, 0.15) is 24.8 Å². The lowest BCUT2D eigenvalue weighted by molar-refractivity contribution is 0.229. The SMILES string of the molecule is Cc1cc(Nc2ncn(-c3cc(F)cc(F)c3)n2)cc(N2C[C@@H]3C[C@H]2CN3C2CC2)c1. The third-order valence-corrected chi connectivity index (χ3v) is 6.55. The summed E-state index contributed by atoms with van der Waals surface area (Å²) in [7, 11) is 0. The Morgan fingerprint density at radius 2 is 1.71 bits per heavy atom. The van der Waals surface area contributed by atoms with Gasteiger partial charge in [-0.15, -0.1) is 5.10 Å². The van der Waals surface area contributed by atoms with Gasteiger partial charge in [-0.1, -0.05) is 0 Å². The Hall–Kier alpha value is -3.00. The second kappa shape index (κ2) is 7.02. The smallest absolute Gasteiger partial charge is 0.246 e. The number of aromatic nitrogens is 3. The van der Waals surface area contributed by atoms with Gasteiger partial charge in [-0.2, -0.15) is 4.98 Å². The Bertz CT molecular complexity index is 1120. The van der Waals surface area contributed by atoms with E-state index in [1.807, 2.05) is 0 Å².